The molecule has 0 aliphatic rings. The largest absolute Gasteiger partial charge is 0.495 e. The summed E-state index contributed by atoms with van der Waals surface area (Å²) in [5.41, 5.74) is 8.73. The zero-order chi connectivity index (χ0) is 26.1. The molecule has 1 amide bonds. The fourth-order valence-electron chi connectivity index (χ4n) is 4.52. The number of hydrogen-bond donors (Lipinski definition) is 1. The number of carbonyl (C=O) groups excluding carboxylic acids is 1. The summed E-state index contributed by atoms with van der Waals surface area (Å²) >= 11 is 6.24. The van der Waals surface area contributed by atoms with Gasteiger partial charge in [-0.05, 0) is 81.5 Å². The minimum absolute atomic E-state index is 0.143. The van der Waals surface area contributed by atoms with Crippen molar-refractivity contribution in [1.82, 2.24) is 14.8 Å². The monoisotopic (exact) mass is 506 g/mol. The molecule has 0 saturated heterocycles. The first-order valence-electron chi connectivity index (χ1n) is 11.8. The van der Waals surface area contributed by atoms with Crippen LogP contribution in [0.2, 0.25) is 5.02 Å². The molecule has 4 rings (SSSR count). The van der Waals surface area contributed by atoms with Gasteiger partial charge in [-0.15, -0.1) is 0 Å². The second-order valence-electron chi connectivity index (χ2n) is 9.00. The number of aromatic nitrogens is 3. The lowest BCUT2D eigenvalue weighted by Crippen LogP contribution is -2.14. The summed E-state index contributed by atoms with van der Waals surface area (Å²) in [6.07, 6.45) is 0.832. The van der Waals surface area contributed by atoms with Crippen LogP contribution in [0.15, 0.2) is 30.3 Å². The Kier molecular flexibility index (Phi) is 7.22. The number of fused-ring (bicyclic) bond motifs is 1. The quantitative estimate of drug-likeness (QED) is 0.322. The second-order valence-corrected chi connectivity index (χ2v) is 9.41. The summed E-state index contributed by atoms with van der Waals surface area (Å²) in [7, 11) is 3.06. The van der Waals surface area contributed by atoms with E-state index in [1.165, 1.54) is 25.3 Å². The predicted octanol–water partition coefficient (Wildman–Crippen LogP) is 6.20. The van der Waals surface area contributed by atoms with Crippen LogP contribution in [0, 0.1) is 34.6 Å². The van der Waals surface area contributed by atoms with E-state index in [-0.39, 0.29) is 12.3 Å². The summed E-state index contributed by atoms with van der Waals surface area (Å²) in [5, 5.41) is 9.13. The van der Waals surface area contributed by atoms with Crippen LogP contribution in [0.1, 0.15) is 40.1 Å². The van der Waals surface area contributed by atoms with E-state index in [1.54, 1.807) is 12.1 Å². The van der Waals surface area contributed by atoms with Gasteiger partial charge in [-0.3, -0.25) is 4.79 Å². The third-order valence-corrected chi connectivity index (χ3v) is 6.95. The van der Waals surface area contributed by atoms with Crippen molar-refractivity contribution in [2.45, 2.75) is 47.5 Å². The Balaban J connectivity index is 1.60. The van der Waals surface area contributed by atoms with Gasteiger partial charge < -0.3 is 14.8 Å². The summed E-state index contributed by atoms with van der Waals surface area (Å²) in [6, 6.07) is 9.58. The second kappa shape index (κ2) is 10.2. The van der Waals surface area contributed by atoms with E-state index >= 15 is 0 Å². The Morgan fingerprint density at radius 2 is 1.69 bits per heavy atom. The number of aryl methyl sites for hydroxylation is 5. The molecule has 0 spiro atoms. The average Bonchev–Trinajstić information content (AvgIpc) is 3.16. The van der Waals surface area contributed by atoms with Crippen molar-refractivity contribution in [3.63, 3.8) is 0 Å². The SMILES string of the molecule is COc1cc(OC)c(NC(=O)CCc2c(C)nc3c(c(C)nn3-c3ccc(C)c(C)c3)c2C)cc1Cl. The molecule has 0 aliphatic heterocycles. The molecular formula is C28H31ClN4O3. The van der Waals surface area contributed by atoms with Crippen LogP contribution in [0.4, 0.5) is 5.69 Å². The number of anilines is 1. The van der Waals surface area contributed by atoms with Crippen molar-refractivity contribution < 1.29 is 14.3 Å². The first-order valence-corrected chi connectivity index (χ1v) is 12.2. The van der Waals surface area contributed by atoms with E-state index < -0.39 is 0 Å². The van der Waals surface area contributed by atoms with Crippen molar-refractivity contribution in [3.8, 4) is 17.2 Å². The zero-order valence-corrected chi connectivity index (χ0v) is 22.5. The Bertz CT molecular complexity index is 1480. The topological polar surface area (TPSA) is 78.3 Å². The highest BCUT2D eigenvalue weighted by molar-refractivity contribution is 6.32. The number of hydrogen-bond acceptors (Lipinski definition) is 5. The zero-order valence-electron chi connectivity index (χ0n) is 21.7. The standard InChI is InChI=1S/C28H31ClN4O3/c1-15-8-9-20(12-16(15)2)33-28-27(19(5)32-33)17(3)21(18(4)30-28)10-11-26(34)31-23-13-22(29)24(35-6)14-25(23)36-7/h8-9,12-14H,10-11H2,1-7H3,(H,31,34). The minimum Gasteiger partial charge on any atom is -0.495 e. The molecule has 8 heteroatoms. The van der Waals surface area contributed by atoms with Gasteiger partial charge in [-0.25, -0.2) is 9.67 Å². The Hall–Kier alpha value is -3.58. The first kappa shape index (κ1) is 25.5. The van der Waals surface area contributed by atoms with Gasteiger partial charge in [0.1, 0.15) is 11.5 Å². The van der Waals surface area contributed by atoms with Gasteiger partial charge in [0.15, 0.2) is 5.65 Å². The average molecular weight is 507 g/mol. The van der Waals surface area contributed by atoms with Crippen molar-refractivity contribution in [3.05, 3.63) is 69.0 Å². The highest BCUT2D eigenvalue weighted by Crippen LogP contribution is 2.36. The molecule has 0 aliphatic carbocycles. The van der Waals surface area contributed by atoms with Gasteiger partial charge in [-0.2, -0.15) is 5.10 Å². The number of carbonyl (C=O) groups is 1. The van der Waals surface area contributed by atoms with Crippen LogP contribution < -0.4 is 14.8 Å². The third-order valence-electron chi connectivity index (χ3n) is 6.66. The Morgan fingerprint density at radius 3 is 2.36 bits per heavy atom. The molecule has 2 aromatic carbocycles. The van der Waals surface area contributed by atoms with Gasteiger partial charge >= 0.3 is 0 Å². The van der Waals surface area contributed by atoms with Gasteiger partial charge in [0, 0.05) is 23.6 Å². The number of rotatable bonds is 7. The summed E-state index contributed by atoms with van der Waals surface area (Å²) in [4.78, 5) is 17.8. The molecule has 7 nitrogen and oxygen atoms in total. The summed E-state index contributed by atoms with van der Waals surface area (Å²) in [5.74, 6) is 0.819. The fraction of sp³-hybridized carbons (Fsp3) is 0.321. The van der Waals surface area contributed by atoms with Crippen LogP contribution in [0.25, 0.3) is 16.7 Å². The van der Waals surface area contributed by atoms with Crippen LogP contribution in [-0.4, -0.2) is 34.9 Å². The van der Waals surface area contributed by atoms with E-state index in [0.717, 1.165) is 39.2 Å². The van der Waals surface area contributed by atoms with Crippen molar-refractivity contribution in [2.24, 2.45) is 0 Å². The van der Waals surface area contributed by atoms with E-state index in [2.05, 4.69) is 44.3 Å². The van der Waals surface area contributed by atoms with Crippen molar-refractivity contribution >= 4 is 34.2 Å². The van der Waals surface area contributed by atoms with Crippen LogP contribution in [0.3, 0.4) is 0 Å². The number of amides is 1. The van der Waals surface area contributed by atoms with Crippen molar-refractivity contribution in [1.29, 1.82) is 0 Å². The van der Waals surface area contributed by atoms with Crippen LogP contribution in [0.5, 0.6) is 11.5 Å². The molecule has 0 fully saturated rings. The number of pyridine rings is 1. The molecule has 2 aromatic heterocycles. The van der Waals surface area contributed by atoms with Gasteiger partial charge in [0.05, 0.1) is 36.3 Å². The molecule has 0 bridgehead atoms. The van der Waals surface area contributed by atoms with Crippen LogP contribution in [-0.2, 0) is 11.2 Å². The lowest BCUT2D eigenvalue weighted by Gasteiger charge is -2.14. The summed E-state index contributed by atoms with van der Waals surface area (Å²) in [6.45, 7) is 10.3. The lowest BCUT2D eigenvalue weighted by atomic mass is 9.99. The predicted molar refractivity (Wildman–Crippen MR) is 144 cm³/mol. The highest BCUT2D eigenvalue weighted by atomic mass is 35.5. The Morgan fingerprint density at radius 1 is 0.972 bits per heavy atom. The normalized spacial score (nSPS) is 11.1. The molecule has 188 valence electrons. The first-order chi connectivity index (χ1) is 17.1. The maximum atomic E-state index is 12.8. The van der Waals surface area contributed by atoms with E-state index in [0.29, 0.717) is 28.6 Å². The molecule has 2 heterocycles. The smallest absolute Gasteiger partial charge is 0.224 e. The Labute approximate surface area is 216 Å². The number of benzene rings is 2. The van der Waals surface area contributed by atoms with Crippen molar-refractivity contribution in [2.75, 3.05) is 19.5 Å². The molecule has 0 atom stereocenters. The highest BCUT2D eigenvalue weighted by Gasteiger charge is 2.19. The van der Waals surface area contributed by atoms with Gasteiger partial charge in [0.2, 0.25) is 5.91 Å². The number of halogens is 1. The molecule has 0 saturated carbocycles. The minimum atomic E-state index is -0.143. The number of ether oxygens (including phenoxy) is 2. The molecule has 0 radical (unpaired) electrons. The number of nitrogens with zero attached hydrogens (tertiary/aromatic N) is 3. The molecule has 36 heavy (non-hydrogen) atoms. The van der Waals surface area contributed by atoms with E-state index in [9.17, 15) is 4.79 Å². The summed E-state index contributed by atoms with van der Waals surface area (Å²) < 4.78 is 12.5. The molecule has 0 unspecified atom stereocenters. The van der Waals surface area contributed by atoms with E-state index in [1.807, 2.05) is 18.5 Å². The number of nitrogens with one attached hydrogen (secondary N) is 1. The van der Waals surface area contributed by atoms with Gasteiger partial charge in [-0.1, -0.05) is 17.7 Å². The maximum Gasteiger partial charge on any atom is 0.224 e. The fourth-order valence-corrected chi connectivity index (χ4v) is 4.76. The molecule has 4 aromatic rings. The maximum absolute atomic E-state index is 12.8. The van der Waals surface area contributed by atoms with Gasteiger partial charge in [0.25, 0.3) is 0 Å². The number of methoxy groups -OCH3 is 2. The third kappa shape index (κ3) is 4.75. The lowest BCUT2D eigenvalue weighted by molar-refractivity contribution is -0.116. The molecular weight excluding hydrogens is 476 g/mol. The van der Waals surface area contributed by atoms with Crippen LogP contribution >= 0.6 is 11.6 Å². The van der Waals surface area contributed by atoms with E-state index in [4.69, 9.17) is 31.2 Å². The molecule has 1 N–H and O–H groups in total.